The van der Waals surface area contributed by atoms with Gasteiger partial charge in [0, 0.05) is 18.3 Å². The van der Waals surface area contributed by atoms with Gasteiger partial charge in [-0.05, 0) is 24.8 Å². The molecule has 3 rings (SSSR count). The van der Waals surface area contributed by atoms with E-state index in [0.29, 0.717) is 6.54 Å². The lowest BCUT2D eigenvalue weighted by molar-refractivity contribution is -0.122. The number of nitrogens with one attached hydrogen (secondary N) is 1. The summed E-state index contributed by atoms with van der Waals surface area (Å²) >= 11 is 1.59. The lowest BCUT2D eigenvalue weighted by Gasteiger charge is -2.36. The summed E-state index contributed by atoms with van der Waals surface area (Å²) < 4.78 is 0. The van der Waals surface area contributed by atoms with Crippen LogP contribution in [0.25, 0.3) is 0 Å². The molecule has 116 valence electrons. The zero-order valence-corrected chi connectivity index (χ0v) is 13.2. The number of aliphatic hydroxyl groups is 1. The first-order valence-electron chi connectivity index (χ1n) is 7.59. The summed E-state index contributed by atoms with van der Waals surface area (Å²) in [6.45, 7) is 0.354. The van der Waals surface area contributed by atoms with Crippen LogP contribution >= 0.6 is 11.3 Å². The van der Waals surface area contributed by atoms with Crippen molar-refractivity contribution in [2.24, 2.45) is 0 Å². The number of carbonyl (C=O) groups is 1. The zero-order valence-electron chi connectivity index (χ0n) is 12.4. The predicted octanol–water partition coefficient (Wildman–Crippen LogP) is 2.31. The van der Waals surface area contributed by atoms with E-state index in [1.54, 1.807) is 11.3 Å². The maximum atomic E-state index is 11.9. The third-order valence-corrected chi connectivity index (χ3v) is 4.94. The quantitative estimate of drug-likeness (QED) is 0.859. The monoisotopic (exact) mass is 316 g/mol. The molecule has 0 unspecified atom stereocenters. The molecule has 2 N–H and O–H groups in total. The first-order chi connectivity index (χ1) is 10.6. The molecule has 1 aromatic heterocycles. The van der Waals surface area contributed by atoms with Crippen LogP contribution in [0.4, 0.5) is 0 Å². The van der Waals surface area contributed by atoms with E-state index in [2.05, 4.69) is 22.4 Å². The molecule has 0 saturated heterocycles. The Morgan fingerprint density at radius 3 is 2.77 bits per heavy atom. The van der Waals surface area contributed by atoms with Crippen molar-refractivity contribution in [1.29, 1.82) is 0 Å². The molecule has 1 aliphatic carbocycles. The van der Waals surface area contributed by atoms with Gasteiger partial charge < -0.3 is 10.4 Å². The van der Waals surface area contributed by atoms with Gasteiger partial charge in [-0.25, -0.2) is 4.98 Å². The van der Waals surface area contributed by atoms with Crippen LogP contribution < -0.4 is 5.32 Å². The van der Waals surface area contributed by atoms with Gasteiger partial charge in [0.1, 0.15) is 0 Å². The van der Waals surface area contributed by atoms with Gasteiger partial charge in [-0.1, -0.05) is 30.3 Å². The number of amides is 1. The largest absolute Gasteiger partial charge is 0.388 e. The summed E-state index contributed by atoms with van der Waals surface area (Å²) in [5.74, 6) is -0.0723. The van der Waals surface area contributed by atoms with Crippen molar-refractivity contribution in [3.05, 3.63) is 52.0 Å². The summed E-state index contributed by atoms with van der Waals surface area (Å²) in [6.07, 6.45) is 3.69. The molecule has 1 fully saturated rings. The molecule has 1 aromatic carbocycles. The summed E-state index contributed by atoms with van der Waals surface area (Å²) in [5.41, 5.74) is 1.35. The zero-order chi connectivity index (χ0) is 15.4. The smallest absolute Gasteiger partial charge is 0.226 e. The maximum Gasteiger partial charge on any atom is 0.226 e. The van der Waals surface area contributed by atoms with Crippen LogP contribution in [0.2, 0.25) is 0 Å². The normalized spacial score (nSPS) is 16.0. The molecule has 5 heteroatoms. The second-order valence-corrected chi connectivity index (χ2v) is 6.87. The van der Waals surface area contributed by atoms with Crippen LogP contribution in [0.5, 0.6) is 0 Å². The minimum absolute atomic E-state index is 0.0723. The number of rotatable bonds is 6. The number of thiazole rings is 1. The Morgan fingerprint density at radius 1 is 1.32 bits per heavy atom. The summed E-state index contributed by atoms with van der Waals surface area (Å²) in [5, 5.41) is 15.7. The fourth-order valence-electron chi connectivity index (χ4n) is 2.53. The fourth-order valence-corrected chi connectivity index (χ4v) is 3.36. The van der Waals surface area contributed by atoms with Gasteiger partial charge in [-0.3, -0.25) is 4.79 Å². The summed E-state index contributed by atoms with van der Waals surface area (Å²) in [7, 11) is 0. The molecule has 0 spiro atoms. The summed E-state index contributed by atoms with van der Waals surface area (Å²) in [6, 6.07) is 10.2. The van der Waals surface area contributed by atoms with E-state index in [9.17, 15) is 9.90 Å². The number of aromatic nitrogens is 1. The molecular weight excluding hydrogens is 296 g/mol. The van der Waals surface area contributed by atoms with Crippen molar-refractivity contribution < 1.29 is 9.90 Å². The van der Waals surface area contributed by atoms with E-state index in [1.165, 1.54) is 5.56 Å². The van der Waals surface area contributed by atoms with Gasteiger partial charge in [0.15, 0.2) is 0 Å². The molecule has 1 saturated carbocycles. The van der Waals surface area contributed by atoms with Crippen LogP contribution in [0.1, 0.15) is 35.5 Å². The maximum absolute atomic E-state index is 11.9. The van der Waals surface area contributed by atoms with Crippen molar-refractivity contribution in [2.45, 2.75) is 37.7 Å². The standard InChI is InChI=1S/C17H20N2O2S/c20-15(18-12-17(21)7-4-8-17)10-14-11-22-16(19-14)9-13-5-2-1-3-6-13/h1-3,5-6,11,21H,4,7-10,12H2,(H,18,20). The number of carbonyl (C=O) groups excluding carboxylic acids is 1. The molecule has 4 nitrogen and oxygen atoms in total. The van der Waals surface area contributed by atoms with Crippen molar-refractivity contribution in [3.8, 4) is 0 Å². The summed E-state index contributed by atoms with van der Waals surface area (Å²) in [4.78, 5) is 16.4. The molecule has 1 heterocycles. The highest BCUT2D eigenvalue weighted by Crippen LogP contribution is 2.30. The third-order valence-electron chi connectivity index (χ3n) is 4.04. The van der Waals surface area contributed by atoms with E-state index in [4.69, 9.17) is 0 Å². The highest BCUT2D eigenvalue weighted by atomic mass is 32.1. The van der Waals surface area contributed by atoms with Gasteiger partial charge in [-0.15, -0.1) is 11.3 Å². The van der Waals surface area contributed by atoms with Crippen LogP contribution in [0, 0.1) is 0 Å². The average Bonchev–Trinajstić information content (AvgIpc) is 2.91. The minimum Gasteiger partial charge on any atom is -0.388 e. The van der Waals surface area contributed by atoms with Crippen LogP contribution in [0.3, 0.4) is 0 Å². The molecule has 1 aliphatic rings. The van der Waals surface area contributed by atoms with Gasteiger partial charge in [0.2, 0.25) is 5.91 Å². The topological polar surface area (TPSA) is 62.2 Å². The highest BCUT2D eigenvalue weighted by Gasteiger charge is 2.34. The predicted molar refractivity (Wildman–Crippen MR) is 86.9 cm³/mol. The van der Waals surface area contributed by atoms with Crippen molar-refractivity contribution >= 4 is 17.2 Å². The van der Waals surface area contributed by atoms with E-state index < -0.39 is 5.60 Å². The molecule has 0 aliphatic heterocycles. The number of nitrogens with zero attached hydrogens (tertiary/aromatic N) is 1. The second kappa shape index (κ2) is 6.58. The third kappa shape index (κ3) is 3.93. The first kappa shape index (κ1) is 15.2. The van der Waals surface area contributed by atoms with Crippen LogP contribution in [0.15, 0.2) is 35.7 Å². The Kier molecular flexibility index (Phi) is 4.55. The Bertz CT molecular complexity index is 635. The fraction of sp³-hybridized carbons (Fsp3) is 0.412. The Morgan fingerprint density at radius 2 is 2.09 bits per heavy atom. The van der Waals surface area contributed by atoms with Crippen LogP contribution in [-0.4, -0.2) is 28.1 Å². The molecule has 22 heavy (non-hydrogen) atoms. The van der Waals surface area contributed by atoms with Gasteiger partial charge in [-0.2, -0.15) is 0 Å². The molecule has 0 atom stereocenters. The van der Waals surface area contributed by atoms with Crippen molar-refractivity contribution in [1.82, 2.24) is 10.3 Å². The lowest BCUT2D eigenvalue weighted by atomic mass is 9.80. The number of hydrogen-bond acceptors (Lipinski definition) is 4. The second-order valence-electron chi connectivity index (χ2n) is 5.93. The average molecular weight is 316 g/mol. The minimum atomic E-state index is -0.670. The number of hydrogen-bond donors (Lipinski definition) is 2. The molecule has 2 aromatic rings. The van der Waals surface area contributed by atoms with Gasteiger partial charge in [0.05, 0.1) is 22.7 Å². The van der Waals surface area contributed by atoms with E-state index in [1.807, 2.05) is 23.6 Å². The van der Waals surface area contributed by atoms with Crippen molar-refractivity contribution in [3.63, 3.8) is 0 Å². The van der Waals surface area contributed by atoms with E-state index in [-0.39, 0.29) is 12.3 Å². The highest BCUT2D eigenvalue weighted by molar-refractivity contribution is 7.09. The van der Waals surface area contributed by atoms with Gasteiger partial charge in [0.25, 0.3) is 0 Å². The first-order valence-corrected chi connectivity index (χ1v) is 8.47. The van der Waals surface area contributed by atoms with Crippen molar-refractivity contribution in [2.75, 3.05) is 6.54 Å². The molecule has 0 bridgehead atoms. The Hall–Kier alpha value is -1.72. The van der Waals surface area contributed by atoms with Crippen LogP contribution in [-0.2, 0) is 17.6 Å². The van der Waals surface area contributed by atoms with E-state index in [0.717, 1.165) is 36.4 Å². The Labute approximate surface area is 134 Å². The lowest BCUT2D eigenvalue weighted by Crippen LogP contribution is -2.48. The SMILES string of the molecule is O=C(Cc1csc(Cc2ccccc2)n1)NCC1(O)CCC1. The molecule has 1 amide bonds. The van der Waals surface area contributed by atoms with Gasteiger partial charge >= 0.3 is 0 Å². The Balaban J connectivity index is 1.49. The molecule has 0 radical (unpaired) electrons. The molecular formula is C17H20N2O2S. The number of benzene rings is 1. The van der Waals surface area contributed by atoms with E-state index >= 15 is 0 Å².